The van der Waals surface area contributed by atoms with Crippen molar-refractivity contribution in [3.8, 4) is 0 Å². The molecule has 0 aliphatic rings. The Balaban J connectivity index is 0.00000169. The minimum atomic E-state index is -0.350. The van der Waals surface area contributed by atoms with Crippen LogP contribution in [-0.4, -0.2) is 6.54 Å². The van der Waals surface area contributed by atoms with Crippen LogP contribution in [-0.2, 0) is 6.54 Å². The lowest BCUT2D eigenvalue weighted by atomic mass is 10.2. The first kappa shape index (κ1) is 14.2. The Hall–Kier alpha value is 0.170. The summed E-state index contributed by atoms with van der Waals surface area (Å²) in [6.07, 6.45) is 0. The van der Waals surface area contributed by atoms with Gasteiger partial charge in [0.25, 0.3) is 0 Å². The molecule has 1 nitrogen and oxygen atoms in total. The predicted octanol–water partition coefficient (Wildman–Crippen LogP) is 3.77. The fraction of sp³-hybridized carbons (Fsp3) is 0.333. The van der Waals surface area contributed by atoms with Crippen molar-refractivity contribution in [2.45, 2.75) is 13.5 Å². The topological polar surface area (TPSA) is 12.0 Å². The average molecular weight is 303 g/mol. The fourth-order valence-corrected chi connectivity index (χ4v) is 1.45. The molecule has 1 N–H and O–H groups in total. The summed E-state index contributed by atoms with van der Waals surface area (Å²) in [5.74, 6) is -0.350. The quantitative estimate of drug-likeness (QED) is 0.838. The number of hydrogen-bond donors (Lipinski definition) is 1. The van der Waals surface area contributed by atoms with E-state index in [1.807, 2.05) is 6.92 Å². The van der Waals surface area contributed by atoms with E-state index in [0.29, 0.717) is 16.6 Å². The zero-order valence-corrected chi connectivity index (χ0v) is 10.8. The van der Waals surface area contributed by atoms with Crippen LogP contribution in [0, 0.1) is 5.82 Å². The zero-order valence-electron chi connectivity index (χ0n) is 7.61. The average Bonchev–Trinajstić information content (AvgIpc) is 2.13. The number of nitrogens with one attached hydrogen (secondary N) is 1. The highest BCUT2D eigenvalue weighted by Crippen LogP contribution is 2.27. The van der Waals surface area contributed by atoms with Crippen LogP contribution in [0.5, 0.6) is 0 Å². The van der Waals surface area contributed by atoms with E-state index in [9.17, 15) is 4.39 Å². The molecule has 14 heavy (non-hydrogen) atoms. The SMILES string of the molecule is CCNCc1ccc(Br)c(Cl)c1F.Cl. The summed E-state index contributed by atoms with van der Waals surface area (Å²) in [6.45, 7) is 3.29. The molecule has 0 saturated carbocycles. The second-order valence-electron chi connectivity index (χ2n) is 2.61. The summed E-state index contributed by atoms with van der Waals surface area (Å²) >= 11 is 8.87. The molecule has 5 heteroatoms. The Morgan fingerprint density at radius 2 is 2.14 bits per heavy atom. The molecule has 1 rings (SSSR count). The third-order valence-corrected chi connectivity index (χ3v) is 2.94. The highest BCUT2D eigenvalue weighted by molar-refractivity contribution is 9.10. The van der Waals surface area contributed by atoms with Crippen molar-refractivity contribution in [3.63, 3.8) is 0 Å². The van der Waals surface area contributed by atoms with Crippen molar-refractivity contribution < 1.29 is 4.39 Å². The van der Waals surface area contributed by atoms with Crippen LogP contribution in [0.3, 0.4) is 0 Å². The largest absolute Gasteiger partial charge is 0.313 e. The molecule has 0 aliphatic heterocycles. The van der Waals surface area contributed by atoms with Gasteiger partial charge in [0, 0.05) is 16.6 Å². The molecule has 0 spiro atoms. The number of hydrogen-bond acceptors (Lipinski definition) is 1. The van der Waals surface area contributed by atoms with Crippen LogP contribution in [0.1, 0.15) is 12.5 Å². The molecule has 0 aliphatic carbocycles. The first-order valence-corrected chi connectivity index (χ1v) is 5.17. The van der Waals surface area contributed by atoms with E-state index in [-0.39, 0.29) is 23.2 Å². The molecule has 0 aromatic heterocycles. The maximum atomic E-state index is 13.4. The predicted molar refractivity (Wildman–Crippen MR) is 63.7 cm³/mol. The van der Waals surface area contributed by atoms with Crippen molar-refractivity contribution in [1.82, 2.24) is 5.32 Å². The van der Waals surface area contributed by atoms with Gasteiger partial charge in [-0.3, -0.25) is 0 Å². The molecule has 1 aromatic carbocycles. The minimum absolute atomic E-state index is 0. The molecule has 0 bridgehead atoms. The van der Waals surface area contributed by atoms with Gasteiger partial charge in [0.15, 0.2) is 0 Å². The first-order chi connectivity index (χ1) is 6.16. The van der Waals surface area contributed by atoms with E-state index in [1.54, 1.807) is 12.1 Å². The Bertz CT molecular complexity index is 307. The van der Waals surface area contributed by atoms with Crippen molar-refractivity contribution in [2.24, 2.45) is 0 Å². The van der Waals surface area contributed by atoms with Crippen LogP contribution in [0.2, 0.25) is 5.02 Å². The molecular weight excluding hydrogens is 292 g/mol. The van der Waals surface area contributed by atoms with Gasteiger partial charge in [-0.15, -0.1) is 12.4 Å². The summed E-state index contributed by atoms with van der Waals surface area (Å²) in [6, 6.07) is 3.46. The third kappa shape index (κ3) is 3.39. The van der Waals surface area contributed by atoms with E-state index in [0.717, 1.165) is 6.54 Å². The molecule has 0 amide bonds. The van der Waals surface area contributed by atoms with E-state index in [4.69, 9.17) is 11.6 Å². The lowest BCUT2D eigenvalue weighted by Gasteiger charge is -2.05. The Morgan fingerprint density at radius 3 is 2.71 bits per heavy atom. The minimum Gasteiger partial charge on any atom is -0.313 e. The molecular formula is C9H11BrCl2FN. The van der Waals surface area contributed by atoms with Crippen molar-refractivity contribution in [3.05, 3.63) is 33.0 Å². The second kappa shape index (κ2) is 6.62. The molecule has 0 radical (unpaired) electrons. The summed E-state index contributed by atoms with van der Waals surface area (Å²) < 4.78 is 14.0. The van der Waals surface area contributed by atoms with Crippen LogP contribution in [0.15, 0.2) is 16.6 Å². The van der Waals surface area contributed by atoms with Gasteiger partial charge in [-0.2, -0.15) is 0 Å². The molecule has 0 unspecified atom stereocenters. The maximum absolute atomic E-state index is 13.4. The molecule has 1 aromatic rings. The monoisotopic (exact) mass is 301 g/mol. The number of halogens is 4. The first-order valence-electron chi connectivity index (χ1n) is 4.00. The van der Waals surface area contributed by atoms with Crippen molar-refractivity contribution >= 4 is 39.9 Å². The van der Waals surface area contributed by atoms with Crippen molar-refractivity contribution in [1.29, 1.82) is 0 Å². The van der Waals surface area contributed by atoms with E-state index < -0.39 is 0 Å². The van der Waals surface area contributed by atoms with Crippen LogP contribution < -0.4 is 5.32 Å². The van der Waals surface area contributed by atoms with Gasteiger partial charge in [0.05, 0.1) is 5.02 Å². The number of rotatable bonds is 3. The summed E-state index contributed by atoms with van der Waals surface area (Å²) in [7, 11) is 0. The zero-order chi connectivity index (χ0) is 9.84. The van der Waals surface area contributed by atoms with Gasteiger partial charge in [-0.25, -0.2) is 4.39 Å². The molecule has 0 atom stereocenters. The summed E-state index contributed by atoms with van der Waals surface area (Å²) in [4.78, 5) is 0. The van der Waals surface area contributed by atoms with Crippen LogP contribution in [0.4, 0.5) is 4.39 Å². The lowest BCUT2D eigenvalue weighted by molar-refractivity contribution is 0.593. The Kier molecular flexibility index (Phi) is 6.70. The van der Waals surface area contributed by atoms with E-state index in [1.165, 1.54) is 0 Å². The van der Waals surface area contributed by atoms with Gasteiger partial charge in [-0.05, 0) is 28.5 Å². The van der Waals surface area contributed by atoms with Gasteiger partial charge >= 0.3 is 0 Å². The fourth-order valence-electron chi connectivity index (χ4n) is 0.962. The van der Waals surface area contributed by atoms with Gasteiger partial charge in [0.1, 0.15) is 5.82 Å². The molecule has 0 heterocycles. The van der Waals surface area contributed by atoms with Gasteiger partial charge in [-0.1, -0.05) is 24.6 Å². The second-order valence-corrected chi connectivity index (χ2v) is 3.85. The van der Waals surface area contributed by atoms with Crippen molar-refractivity contribution in [2.75, 3.05) is 6.54 Å². The smallest absolute Gasteiger partial charge is 0.147 e. The Morgan fingerprint density at radius 1 is 1.50 bits per heavy atom. The standard InChI is InChI=1S/C9H10BrClFN.ClH/c1-2-13-5-6-3-4-7(10)8(11)9(6)12;/h3-4,13H,2,5H2,1H3;1H. The van der Waals surface area contributed by atoms with E-state index >= 15 is 0 Å². The van der Waals surface area contributed by atoms with Gasteiger partial charge < -0.3 is 5.32 Å². The normalized spacial score (nSPS) is 9.71. The molecule has 0 saturated heterocycles. The summed E-state index contributed by atoms with van der Waals surface area (Å²) in [5.41, 5.74) is 0.593. The van der Waals surface area contributed by atoms with Crippen LogP contribution in [0.25, 0.3) is 0 Å². The third-order valence-electron chi connectivity index (χ3n) is 1.68. The highest BCUT2D eigenvalue weighted by atomic mass is 79.9. The number of benzene rings is 1. The molecule has 80 valence electrons. The lowest BCUT2D eigenvalue weighted by Crippen LogP contribution is -2.13. The van der Waals surface area contributed by atoms with Gasteiger partial charge in [0.2, 0.25) is 0 Å². The van der Waals surface area contributed by atoms with Crippen LogP contribution >= 0.6 is 39.9 Å². The Labute approximate surface area is 103 Å². The summed E-state index contributed by atoms with van der Waals surface area (Å²) in [5, 5.41) is 3.19. The maximum Gasteiger partial charge on any atom is 0.147 e. The van der Waals surface area contributed by atoms with E-state index in [2.05, 4.69) is 21.2 Å². The highest BCUT2D eigenvalue weighted by Gasteiger charge is 2.08. The molecule has 0 fully saturated rings.